The van der Waals surface area contributed by atoms with Gasteiger partial charge in [-0.3, -0.25) is 9.80 Å². The molecule has 0 saturated carbocycles. The lowest BCUT2D eigenvalue weighted by Gasteiger charge is -2.36. The number of furan rings is 1. The highest BCUT2D eigenvalue weighted by molar-refractivity contribution is 5.40. The first kappa shape index (κ1) is 24.3. The molecule has 5 nitrogen and oxygen atoms in total. The van der Waals surface area contributed by atoms with Crippen molar-refractivity contribution < 1.29 is 9.15 Å². The van der Waals surface area contributed by atoms with E-state index in [0.717, 1.165) is 58.2 Å². The van der Waals surface area contributed by atoms with E-state index in [2.05, 4.69) is 86.6 Å². The van der Waals surface area contributed by atoms with E-state index >= 15 is 0 Å². The van der Waals surface area contributed by atoms with Crippen LogP contribution in [0, 0.1) is 0 Å². The van der Waals surface area contributed by atoms with E-state index in [9.17, 15) is 0 Å². The maximum atomic E-state index is 6.14. The number of hydrogen-bond acceptors (Lipinski definition) is 5. The lowest BCUT2D eigenvalue weighted by atomic mass is 9.83. The number of rotatable bonds is 4. The Labute approximate surface area is 200 Å². The Bertz CT molecular complexity index is 908. The maximum absolute atomic E-state index is 6.14. The number of hydrogen-bond donors (Lipinski definition) is 0. The van der Waals surface area contributed by atoms with Crippen LogP contribution in [0.15, 0.2) is 41.0 Å². The predicted molar refractivity (Wildman–Crippen MR) is 136 cm³/mol. The lowest BCUT2D eigenvalue weighted by molar-refractivity contribution is -0.0131. The smallest absolute Gasteiger partial charge is 0.195 e. The van der Waals surface area contributed by atoms with E-state index in [1.54, 1.807) is 0 Å². The summed E-state index contributed by atoms with van der Waals surface area (Å²) in [7, 11) is 0. The molecule has 1 unspecified atom stereocenters. The van der Waals surface area contributed by atoms with Crippen molar-refractivity contribution in [3.8, 4) is 0 Å². The average Bonchev–Trinajstić information content (AvgIpc) is 3.09. The monoisotopic (exact) mass is 453 g/mol. The van der Waals surface area contributed by atoms with Gasteiger partial charge in [0.25, 0.3) is 0 Å². The van der Waals surface area contributed by atoms with E-state index in [-0.39, 0.29) is 17.0 Å². The molecule has 0 radical (unpaired) electrons. The number of morpholine rings is 1. The predicted octanol–water partition coefficient (Wildman–Crippen LogP) is 5.46. The van der Waals surface area contributed by atoms with Gasteiger partial charge in [0.15, 0.2) is 5.88 Å². The number of benzene rings is 1. The Hall–Kier alpha value is -1.82. The van der Waals surface area contributed by atoms with E-state index in [1.165, 1.54) is 16.7 Å². The first-order valence-electron chi connectivity index (χ1n) is 12.6. The zero-order chi connectivity index (χ0) is 23.6. The topological polar surface area (TPSA) is 32.1 Å². The van der Waals surface area contributed by atoms with Crippen molar-refractivity contribution in [1.82, 2.24) is 9.80 Å². The van der Waals surface area contributed by atoms with Crippen LogP contribution in [0.3, 0.4) is 0 Å². The Morgan fingerprint density at radius 2 is 1.73 bits per heavy atom. The van der Waals surface area contributed by atoms with Crippen LogP contribution in [0.2, 0.25) is 0 Å². The highest BCUT2D eigenvalue weighted by Gasteiger charge is 2.30. The van der Waals surface area contributed by atoms with Gasteiger partial charge in [0.1, 0.15) is 0 Å². The van der Waals surface area contributed by atoms with E-state index in [4.69, 9.17) is 9.15 Å². The summed E-state index contributed by atoms with van der Waals surface area (Å²) in [6.45, 7) is 21.5. The standard InChI is InChI=1S/C28H43N3O2/c1-27(2,3)24-11-8-7-10-22(24)19-30-16-17-32-21-25(30)23-18-26(33-20-23)29-12-9-13-31(15-14-29)28(4,5)6/h7-8,10-11,18,20,25H,9,12-17,19,21H2,1-6H3. The fraction of sp³-hybridized carbons (Fsp3) is 0.643. The van der Waals surface area contributed by atoms with Gasteiger partial charge >= 0.3 is 0 Å². The summed E-state index contributed by atoms with van der Waals surface area (Å²) in [6, 6.07) is 11.4. The first-order chi connectivity index (χ1) is 15.6. The van der Waals surface area contributed by atoms with Crippen LogP contribution in [0.1, 0.15) is 70.7 Å². The molecule has 0 amide bonds. The lowest BCUT2D eigenvalue weighted by Crippen LogP contribution is -2.43. The molecule has 2 fully saturated rings. The number of anilines is 1. The second kappa shape index (κ2) is 9.81. The molecule has 1 aromatic carbocycles. The largest absolute Gasteiger partial charge is 0.448 e. The van der Waals surface area contributed by atoms with Gasteiger partial charge in [-0.25, -0.2) is 0 Å². The molecule has 2 saturated heterocycles. The van der Waals surface area contributed by atoms with Crippen LogP contribution in [0.25, 0.3) is 0 Å². The Kier molecular flexibility index (Phi) is 7.23. The molecule has 1 atom stereocenters. The fourth-order valence-electron chi connectivity index (χ4n) is 5.23. The van der Waals surface area contributed by atoms with Crippen molar-refractivity contribution in [2.24, 2.45) is 0 Å². The summed E-state index contributed by atoms with van der Waals surface area (Å²) in [5.74, 6) is 1.00. The molecule has 0 N–H and O–H groups in total. The van der Waals surface area contributed by atoms with Gasteiger partial charge in [-0.1, -0.05) is 45.0 Å². The molecule has 4 rings (SSSR count). The van der Waals surface area contributed by atoms with Crippen LogP contribution in [-0.2, 0) is 16.7 Å². The molecule has 33 heavy (non-hydrogen) atoms. The second-order valence-corrected chi connectivity index (χ2v) is 11.7. The Balaban J connectivity index is 1.49. The fourth-order valence-corrected chi connectivity index (χ4v) is 5.23. The minimum atomic E-state index is 0.134. The third-order valence-corrected chi connectivity index (χ3v) is 7.19. The average molecular weight is 454 g/mol. The molecule has 2 aliphatic rings. The first-order valence-corrected chi connectivity index (χ1v) is 12.6. The summed E-state index contributed by atoms with van der Waals surface area (Å²) >= 11 is 0. The van der Waals surface area contributed by atoms with Crippen molar-refractivity contribution in [3.63, 3.8) is 0 Å². The van der Waals surface area contributed by atoms with Gasteiger partial charge in [-0.15, -0.1) is 0 Å². The van der Waals surface area contributed by atoms with Gasteiger partial charge in [0, 0.05) is 56.4 Å². The maximum Gasteiger partial charge on any atom is 0.195 e. The van der Waals surface area contributed by atoms with E-state index in [0.29, 0.717) is 6.61 Å². The highest BCUT2D eigenvalue weighted by Crippen LogP contribution is 2.33. The van der Waals surface area contributed by atoms with E-state index < -0.39 is 0 Å². The van der Waals surface area contributed by atoms with Crippen molar-refractivity contribution >= 4 is 5.88 Å². The molecule has 0 spiro atoms. The van der Waals surface area contributed by atoms with Crippen LogP contribution in [0.5, 0.6) is 0 Å². The normalized spacial score (nSPS) is 21.9. The SMILES string of the molecule is CC(C)(C)c1ccccc1CN1CCOCC1c1coc(N2CCCN(C(C)(C)C)CC2)c1. The molecule has 3 heterocycles. The Morgan fingerprint density at radius 3 is 2.48 bits per heavy atom. The van der Waals surface area contributed by atoms with Crippen molar-refractivity contribution in [2.45, 2.75) is 71.5 Å². The van der Waals surface area contributed by atoms with Crippen LogP contribution < -0.4 is 4.90 Å². The molecule has 2 aliphatic heterocycles. The second-order valence-electron chi connectivity index (χ2n) is 11.7. The molecule has 5 heteroatoms. The van der Waals surface area contributed by atoms with Crippen LogP contribution in [-0.4, -0.2) is 61.3 Å². The van der Waals surface area contributed by atoms with Crippen molar-refractivity contribution in [1.29, 1.82) is 0 Å². The third-order valence-electron chi connectivity index (χ3n) is 7.19. The minimum Gasteiger partial charge on any atom is -0.448 e. The zero-order valence-corrected chi connectivity index (χ0v) is 21.6. The van der Waals surface area contributed by atoms with Gasteiger partial charge in [0.05, 0.1) is 25.5 Å². The number of nitrogens with zero attached hydrogens (tertiary/aromatic N) is 3. The van der Waals surface area contributed by atoms with Gasteiger partial charge < -0.3 is 14.1 Å². The molecule has 2 aromatic rings. The van der Waals surface area contributed by atoms with E-state index in [1.807, 2.05) is 6.26 Å². The molecular formula is C28H43N3O2. The quantitative estimate of drug-likeness (QED) is 0.614. The van der Waals surface area contributed by atoms with Crippen LogP contribution >= 0.6 is 0 Å². The molecule has 182 valence electrons. The zero-order valence-electron chi connectivity index (χ0n) is 21.6. The van der Waals surface area contributed by atoms with Gasteiger partial charge in [0.2, 0.25) is 0 Å². The summed E-state index contributed by atoms with van der Waals surface area (Å²) in [6.07, 6.45) is 3.12. The summed E-state index contributed by atoms with van der Waals surface area (Å²) in [5.41, 5.74) is 4.42. The summed E-state index contributed by atoms with van der Waals surface area (Å²) in [4.78, 5) is 7.56. The Morgan fingerprint density at radius 1 is 0.939 bits per heavy atom. The van der Waals surface area contributed by atoms with Crippen LogP contribution in [0.4, 0.5) is 5.88 Å². The van der Waals surface area contributed by atoms with Crippen molar-refractivity contribution in [3.05, 3.63) is 53.3 Å². The molecule has 1 aromatic heterocycles. The minimum absolute atomic E-state index is 0.134. The molecule has 0 bridgehead atoms. The summed E-state index contributed by atoms with van der Waals surface area (Å²) < 4.78 is 12.1. The van der Waals surface area contributed by atoms with Gasteiger partial charge in [-0.05, 0) is 43.7 Å². The summed E-state index contributed by atoms with van der Waals surface area (Å²) in [5, 5.41) is 0. The van der Waals surface area contributed by atoms with Crippen molar-refractivity contribution in [2.75, 3.05) is 50.8 Å². The molecular weight excluding hydrogens is 410 g/mol. The number of ether oxygens (including phenoxy) is 1. The van der Waals surface area contributed by atoms with Gasteiger partial charge in [-0.2, -0.15) is 0 Å². The highest BCUT2D eigenvalue weighted by atomic mass is 16.5. The third kappa shape index (κ3) is 5.82. The molecule has 0 aliphatic carbocycles.